The van der Waals surface area contributed by atoms with Crippen molar-refractivity contribution >= 4 is 11.9 Å². The molecule has 1 saturated carbocycles. The van der Waals surface area contributed by atoms with Crippen molar-refractivity contribution < 1.29 is 13.9 Å². The van der Waals surface area contributed by atoms with Crippen LogP contribution < -0.4 is 4.90 Å². The van der Waals surface area contributed by atoms with Crippen LogP contribution in [0.3, 0.4) is 0 Å². The summed E-state index contributed by atoms with van der Waals surface area (Å²) in [7, 11) is 0. The first-order valence-corrected chi connectivity index (χ1v) is 8.28. The van der Waals surface area contributed by atoms with Gasteiger partial charge in [0.25, 0.3) is 5.91 Å². The number of carbonyl (C=O) groups excluding carboxylic acids is 1. The first-order valence-electron chi connectivity index (χ1n) is 8.28. The summed E-state index contributed by atoms with van der Waals surface area (Å²) in [5.41, 5.74) is -1.62. The number of amides is 1. The van der Waals surface area contributed by atoms with Crippen LogP contribution >= 0.6 is 0 Å². The summed E-state index contributed by atoms with van der Waals surface area (Å²) in [5.74, 6) is 0.513. The molecule has 1 aliphatic carbocycles. The summed E-state index contributed by atoms with van der Waals surface area (Å²) in [6.07, 6.45) is 4.96. The Hall–Kier alpha value is -1.76. The van der Waals surface area contributed by atoms with E-state index in [1.165, 1.54) is 0 Å². The van der Waals surface area contributed by atoms with Crippen LogP contribution in [0.5, 0.6) is 0 Å². The monoisotopic (exact) mass is 320 g/mol. The molecule has 1 aromatic heterocycles. The first kappa shape index (κ1) is 14.8. The van der Waals surface area contributed by atoms with E-state index in [4.69, 9.17) is 4.74 Å². The third kappa shape index (κ3) is 2.67. The number of aromatic nitrogens is 2. The van der Waals surface area contributed by atoms with Gasteiger partial charge in [0.2, 0.25) is 5.95 Å². The van der Waals surface area contributed by atoms with Crippen LogP contribution in [0.1, 0.15) is 19.3 Å². The Kier molecular flexibility index (Phi) is 3.67. The molecule has 2 atom stereocenters. The Bertz CT molecular complexity index is 581. The van der Waals surface area contributed by atoms with Crippen molar-refractivity contribution in [3.05, 3.63) is 18.5 Å². The van der Waals surface area contributed by atoms with Gasteiger partial charge in [-0.15, -0.1) is 0 Å². The topological polar surface area (TPSA) is 58.6 Å². The molecule has 1 amide bonds. The van der Waals surface area contributed by atoms with Crippen LogP contribution in [-0.2, 0) is 9.53 Å². The van der Waals surface area contributed by atoms with Gasteiger partial charge in [-0.3, -0.25) is 4.79 Å². The van der Waals surface area contributed by atoms with Crippen LogP contribution in [0.25, 0.3) is 0 Å². The molecule has 3 fully saturated rings. The minimum atomic E-state index is -1.62. The maximum absolute atomic E-state index is 14.4. The van der Waals surface area contributed by atoms with Crippen molar-refractivity contribution in [3.8, 4) is 0 Å². The van der Waals surface area contributed by atoms with E-state index in [9.17, 15) is 9.18 Å². The van der Waals surface area contributed by atoms with Gasteiger partial charge in [0, 0.05) is 44.5 Å². The molecule has 0 radical (unpaired) electrons. The Morgan fingerprint density at radius 2 is 2.04 bits per heavy atom. The van der Waals surface area contributed by atoms with Crippen molar-refractivity contribution in [2.45, 2.75) is 31.0 Å². The highest BCUT2D eigenvalue weighted by Gasteiger charge is 2.50. The van der Waals surface area contributed by atoms with Crippen molar-refractivity contribution in [2.24, 2.45) is 5.92 Å². The first-order chi connectivity index (χ1) is 11.2. The van der Waals surface area contributed by atoms with Crippen molar-refractivity contribution in [1.29, 1.82) is 0 Å². The fourth-order valence-corrected chi connectivity index (χ4v) is 3.68. The number of hydrogen-bond acceptors (Lipinski definition) is 5. The average Bonchev–Trinajstić information content (AvgIpc) is 2.84. The van der Waals surface area contributed by atoms with Crippen molar-refractivity contribution in [1.82, 2.24) is 14.9 Å². The lowest BCUT2D eigenvalue weighted by atomic mass is 9.81. The quantitative estimate of drug-likeness (QED) is 0.815. The molecule has 4 rings (SSSR count). The molecule has 124 valence electrons. The van der Waals surface area contributed by atoms with Gasteiger partial charge in [-0.2, -0.15) is 0 Å². The van der Waals surface area contributed by atoms with Crippen molar-refractivity contribution in [2.75, 3.05) is 37.7 Å². The van der Waals surface area contributed by atoms with Gasteiger partial charge in [-0.25, -0.2) is 14.4 Å². The molecule has 0 bridgehead atoms. The van der Waals surface area contributed by atoms with Crippen LogP contribution in [0.2, 0.25) is 0 Å². The summed E-state index contributed by atoms with van der Waals surface area (Å²) in [4.78, 5) is 24.7. The minimum absolute atomic E-state index is 0.0173. The number of alkyl halides is 1. The SMILES string of the molecule is O=C(N1C[C@@H]2CN(c3ncccn3)CCO[C@@H]2C1)C1(F)CCC1. The molecule has 0 N–H and O–H groups in total. The second-order valence-corrected chi connectivity index (χ2v) is 6.69. The zero-order valence-electron chi connectivity index (χ0n) is 13.0. The lowest BCUT2D eigenvalue weighted by Gasteiger charge is -2.35. The number of carbonyl (C=O) groups is 1. The lowest BCUT2D eigenvalue weighted by molar-refractivity contribution is -0.149. The molecule has 7 heteroatoms. The van der Waals surface area contributed by atoms with Gasteiger partial charge in [-0.1, -0.05) is 0 Å². The number of rotatable bonds is 2. The van der Waals surface area contributed by atoms with Crippen LogP contribution in [0.4, 0.5) is 10.3 Å². The number of halogens is 1. The molecule has 2 saturated heterocycles. The number of fused-ring (bicyclic) bond motifs is 1. The van der Waals surface area contributed by atoms with E-state index >= 15 is 0 Å². The standard InChI is InChI=1S/C16H21FN4O2/c17-16(3-1-4-16)14(22)21-10-12-9-20(7-8-23-13(12)11-21)15-18-5-2-6-19-15/h2,5-6,12-13H,1,3-4,7-11H2/t12-,13+/m0/s1. The molecule has 0 spiro atoms. The Labute approximate surface area is 134 Å². The smallest absolute Gasteiger partial charge is 0.260 e. The molecule has 3 heterocycles. The minimum Gasteiger partial charge on any atom is -0.374 e. The summed E-state index contributed by atoms with van der Waals surface area (Å²) in [6.45, 7) is 3.09. The van der Waals surface area contributed by atoms with Gasteiger partial charge >= 0.3 is 0 Å². The highest BCUT2D eigenvalue weighted by Crippen LogP contribution is 2.39. The molecule has 6 nitrogen and oxygen atoms in total. The van der Waals surface area contributed by atoms with E-state index in [0.29, 0.717) is 38.5 Å². The number of nitrogens with zero attached hydrogens (tertiary/aromatic N) is 4. The van der Waals surface area contributed by atoms with Gasteiger partial charge in [0.05, 0.1) is 12.7 Å². The zero-order valence-corrected chi connectivity index (χ0v) is 13.0. The largest absolute Gasteiger partial charge is 0.374 e. The number of likely N-dealkylation sites (tertiary alicyclic amines) is 1. The second kappa shape index (κ2) is 5.70. The third-order valence-corrected chi connectivity index (χ3v) is 5.18. The van der Waals surface area contributed by atoms with E-state index in [0.717, 1.165) is 19.5 Å². The Morgan fingerprint density at radius 1 is 1.26 bits per heavy atom. The summed E-state index contributed by atoms with van der Waals surface area (Å²) in [5, 5.41) is 0. The normalized spacial score (nSPS) is 29.6. The lowest BCUT2D eigenvalue weighted by Crippen LogP contribution is -2.50. The highest BCUT2D eigenvalue weighted by molar-refractivity contribution is 5.86. The van der Waals surface area contributed by atoms with Crippen LogP contribution in [-0.4, -0.2) is 65.3 Å². The van der Waals surface area contributed by atoms with Crippen molar-refractivity contribution in [3.63, 3.8) is 0 Å². The Balaban J connectivity index is 1.45. The molecule has 3 aliphatic rings. The predicted octanol–water partition coefficient (Wildman–Crippen LogP) is 1.03. The number of anilines is 1. The van der Waals surface area contributed by atoms with E-state index in [1.54, 1.807) is 23.4 Å². The maximum atomic E-state index is 14.4. The van der Waals surface area contributed by atoms with Gasteiger partial charge in [0.1, 0.15) is 0 Å². The second-order valence-electron chi connectivity index (χ2n) is 6.69. The fourth-order valence-electron chi connectivity index (χ4n) is 3.68. The van der Waals surface area contributed by atoms with Crippen LogP contribution in [0, 0.1) is 5.92 Å². The third-order valence-electron chi connectivity index (χ3n) is 5.18. The van der Waals surface area contributed by atoms with Gasteiger partial charge < -0.3 is 14.5 Å². The molecular formula is C16H21FN4O2. The molecule has 23 heavy (non-hydrogen) atoms. The molecule has 0 aromatic carbocycles. The van der Waals surface area contributed by atoms with E-state index in [2.05, 4.69) is 14.9 Å². The fraction of sp³-hybridized carbons (Fsp3) is 0.688. The molecule has 2 aliphatic heterocycles. The predicted molar refractivity (Wildman–Crippen MR) is 81.7 cm³/mol. The van der Waals surface area contributed by atoms with Gasteiger partial charge in [-0.05, 0) is 25.3 Å². The molecule has 1 aromatic rings. The number of ether oxygens (including phenoxy) is 1. The number of hydrogen-bond donors (Lipinski definition) is 0. The summed E-state index contributed by atoms with van der Waals surface area (Å²) < 4.78 is 20.3. The molecular weight excluding hydrogens is 299 g/mol. The molecule has 0 unspecified atom stereocenters. The van der Waals surface area contributed by atoms with E-state index in [-0.39, 0.29) is 17.9 Å². The van der Waals surface area contributed by atoms with Crippen LogP contribution in [0.15, 0.2) is 18.5 Å². The average molecular weight is 320 g/mol. The summed E-state index contributed by atoms with van der Waals surface area (Å²) >= 11 is 0. The highest BCUT2D eigenvalue weighted by atomic mass is 19.1. The maximum Gasteiger partial charge on any atom is 0.260 e. The Morgan fingerprint density at radius 3 is 2.74 bits per heavy atom. The van der Waals surface area contributed by atoms with E-state index < -0.39 is 5.67 Å². The summed E-state index contributed by atoms with van der Waals surface area (Å²) in [6, 6.07) is 1.79. The zero-order chi connectivity index (χ0) is 15.9. The van der Waals surface area contributed by atoms with Gasteiger partial charge in [0.15, 0.2) is 5.67 Å². The van der Waals surface area contributed by atoms with E-state index in [1.807, 2.05) is 0 Å².